The summed E-state index contributed by atoms with van der Waals surface area (Å²) in [5.74, 6) is -0.405. The second kappa shape index (κ2) is 8.17. The molecule has 0 aromatic carbocycles. The zero-order valence-electron chi connectivity index (χ0n) is 13.4. The highest BCUT2D eigenvalue weighted by molar-refractivity contribution is 5.89. The average Bonchev–Trinajstić information content (AvgIpc) is 2.42. The maximum atomic E-state index is 11.6. The van der Waals surface area contributed by atoms with Crippen LogP contribution in [0.3, 0.4) is 0 Å². The van der Waals surface area contributed by atoms with E-state index < -0.39 is 17.7 Å². The number of carbonyl (C=O) groups is 2. The van der Waals surface area contributed by atoms with E-state index in [1.165, 1.54) is 6.20 Å². The van der Waals surface area contributed by atoms with Gasteiger partial charge in [-0.3, -0.25) is 4.98 Å². The van der Waals surface area contributed by atoms with Crippen molar-refractivity contribution in [2.24, 2.45) is 0 Å². The van der Waals surface area contributed by atoms with Gasteiger partial charge < -0.3 is 14.8 Å². The van der Waals surface area contributed by atoms with E-state index in [1.54, 1.807) is 52.1 Å². The van der Waals surface area contributed by atoms with Crippen LogP contribution in [-0.2, 0) is 9.47 Å². The first-order valence-electron chi connectivity index (χ1n) is 7.07. The number of hydrogen-bond acceptors (Lipinski definition) is 5. The molecule has 0 aliphatic carbocycles. The molecule has 6 nitrogen and oxygen atoms in total. The van der Waals surface area contributed by atoms with Gasteiger partial charge in [0.2, 0.25) is 0 Å². The standard InChI is InChI=1S/C16H22N2O4/c1-5-21-14(19)13-9-12(10-17-11-13)7-6-8-18-15(20)22-16(2,3)4/h6-7,9-11H,5,8H2,1-4H3,(H,18,20). The molecule has 1 heterocycles. The van der Waals surface area contributed by atoms with E-state index >= 15 is 0 Å². The van der Waals surface area contributed by atoms with Gasteiger partial charge >= 0.3 is 12.1 Å². The van der Waals surface area contributed by atoms with Gasteiger partial charge in [-0.1, -0.05) is 12.2 Å². The van der Waals surface area contributed by atoms with Crippen LogP contribution < -0.4 is 5.32 Å². The smallest absolute Gasteiger partial charge is 0.407 e. The molecule has 0 aliphatic heterocycles. The third-order valence-electron chi connectivity index (χ3n) is 2.34. The van der Waals surface area contributed by atoms with Crippen molar-refractivity contribution in [2.75, 3.05) is 13.2 Å². The molecule has 1 amide bonds. The molecule has 0 saturated carbocycles. The number of pyridine rings is 1. The second-order valence-electron chi connectivity index (χ2n) is 5.51. The number of hydrogen-bond donors (Lipinski definition) is 1. The Balaban J connectivity index is 2.51. The lowest BCUT2D eigenvalue weighted by Crippen LogP contribution is -2.32. The molecule has 6 heteroatoms. The van der Waals surface area contributed by atoms with Crippen molar-refractivity contribution in [3.05, 3.63) is 35.7 Å². The summed E-state index contributed by atoms with van der Waals surface area (Å²) in [5, 5.41) is 2.61. The lowest BCUT2D eigenvalue weighted by Gasteiger charge is -2.19. The quantitative estimate of drug-likeness (QED) is 0.846. The Morgan fingerprint density at radius 3 is 2.68 bits per heavy atom. The summed E-state index contributed by atoms with van der Waals surface area (Å²) >= 11 is 0. The molecule has 0 bridgehead atoms. The molecule has 1 rings (SSSR count). The zero-order chi connectivity index (χ0) is 16.6. The van der Waals surface area contributed by atoms with Crippen LogP contribution in [0.15, 0.2) is 24.5 Å². The summed E-state index contributed by atoms with van der Waals surface area (Å²) in [6, 6.07) is 1.68. The van der Waals surface area contributed by atoms with E-state index in [0.29, 0.717) is 18.7 Å². The highest BCUT2D eigenvalue weighted by Crippen LogP contribution is 2.07. The summed E-state index contributed by atoms with van der Waals surface area (Å²) < 4.78 is 10.0. The minimum Gasteiger partial charge on any atom is -0.462 e. The first kappa shape index (κ1) is 17.7. The minimum atomic E-state index is -0.522. The number of carbonyl (C=O) groups excluding carboxylic acids is 2. The predicted molar refractivity (Wildman–Crippen MR) is 83.5 cm³/mol. The normalized spacial score (nSPS) is 11.3. The summed E-state index contributed by atoms with van der Waals surface area (Å²) in [6.45, 7) is 7.79. The first-order chi connectivity index (χ1) is 10.3. The van der Waals surface area contributed by atoms with Crippen molar-refractivity contribution in [3.8, 4) is 0 Å². The molecule has 0 saturated heterocycles. The van der Waals surface area contributed by atoms with Gasteiger partial charge in [-0.25, -0.2) is 9.59 Å². The molecule has 1 aromatic rings. The molecular formula is C16H22N2O4. The topological polar surface area (TPSA) is 77.5 Å². The van der Waals surface area contributed by atoms with Crippen molar-refractivity contribution >= 4 is 18.1 Å². The van der Waals surface area contributed by atoms with Crippen LogP contribution >= 0.6 is 0 Å². The Labute approximate surface area is 130 Å². The van der Waals surface area contributed by atoms with E-state index in [2.05, 4.69) is 10.3 Å². The summed E-state index contributed by atoms with van der Waals surface area (Å²) in [4.78, 5) is 27.0. The Kier molecular flexibility index (Phi) is 6.56. The van der Waals surface area contributed by atoms with Gasteiger partial charge in [0.05, 0.1) is 12.2 Å². The fourth-order valence-corrected chi connectivity index (χ4v) is 1.53. The molecule has 0 fully saturated rings. The van der Waals surface area contributed by atoms with Gasteiger partial charge in [0.15, 0.2) is 0 Å². The zero-order valence-corrected chi connectivity index (χ0v) is 13.4. The molecule has 0 atom stereocenters. The number of nitrogens with zero attached hydrogens (tertiary/aromatic N) is 1. The fourth-order valence-electron chi connectivity index (χ4n) is 1.53. The molecule has 0 radical (unpaired) electrons. The van der Waals surface area contributed by atoms with Crippen LogP contribution in [0.5, 0.6) is 0 Å². The SMILES string of the molecule is CCOC(=O)c1cncc(C=CCNC(=O)OC(C)(C)C)c1. The van der Waals surface area contributed by atoms with Crippen molar-refractivity contribution < 1.29 is 19.1 Å². The van der Waals surface area contributed by atoms with Crippen LogP contribution in [-0.4, -0.2) is 35.8 Å². The summed E-state index contributed by atoms with van der Waals surface area (Å²) in [7, 11) is 0. The number of aromatic nitrogens is 1. The molecule has 22 heavy (non-hydrogen) atoms. The third-order valence-corrected chi connectivity index (χ3v) is 2.34. The van der Waals surface area contributed by atoms with Crippen LogP contribution in [0.1, 0.15) is 43.6 Å². The lowest BCUT2D eigenvalue weighted by molar-refractivity contribution is 0.0519. The van der Waals surface area contributed by atoms with E-state index in [0.717, 1.165) is 5.56 Å². The van der Waals surface area contributed by atoms with Gasteiger partial charge in [0.1, 0.15) is 5.60 Å². The van der Waals surface area contributed by atoms with Crippen molar-refractivity contribution in [1.82, 2.24) is 10.3 Å². The van der Waals surface area contributed by atoms with Crippen molar-refractivity contribution in [3.63, 3.8) is 0 Å². The number of alkyl carbamates (subject to hydrolysis) is 1. The average molecular weight is 306 g/mol. The highest BCUT2D eigenvalue weighted by atomic mass is 16.6. The van der Waals surface area contributed by atoms with E-state index in [1.807, 2.05) is 0 Å². The molecule has 0 spiro atoms. The number of ether oxygens (including phenoxy) is 2. The van der Waals surface area contributed by atoms with Gasteiger partial charge in [-0.05, 0) is 39.3 Å². The first-order valence-corrected chi connectivity index (χ1v) is 7.07. The molecule has 1 N–H and O–H groups in total. The van der Waals surface area contributed by atoms with Crippen LogP contribution in [0.4, 0.5) is 4.79 Å². The highest BCUT2D eigenvalue weighted by Gasteiger charge is 2.15. The van der Waals surface area contributed by atoms with Crippen LogP contribution in [0.25, 0.3) is 6.08 Å². The van der Waals surface area contributed by atoms with Crippen LogP contribution in [0, 0.1) is 0 Å². The molecule has 0 aliphatic rings. The van der Waals surface area contributed by atoms with Gasteiger partial charge in [-0.2, -0.15) is 0 Å². The third kappa shape index (κ3) is 6.88. The number of nitrogens with one attached hydrogen (secondary N) is 1. The van der Waals surface area contributed by atoms with Crippen molar-refractivity contribution in [1.29, 1.82) is 0 Å². The maximum Gasteiger partial charge on any atom is 0.407 e. The summed E-state index contributed by atoms with van der Waals surface area (Å²) in [5.41, 5.74) is 0.617. The predicted octanol–water partition coefficient (Wildman–Crippen LogP) is 2.80. The fraction of sp³-hybridized carbons (Fsp3) is 0.438. The lowest BCUT2D eigenvalue weighted by atomic mass is 10.2. The number of amides is 1. The minimum absolute atomic E-state index is 0.318. The van der Waals surface area contributed by atoms with E-state index in [4.69, 9.17) is 9.47 Å². The van der Waals surface area contributed by atoms with E-state index in [9.17, 15) is 9.59 Å². The Morgan fingerprint density at radius 1 is 1.32 bits per heavy atom. The monoisotopic (exact) mass is 306 g/mol. The van der Waals surface area contributed by atoms with Crippen molar-refractivity contribution in [2.45, 2.75) is 33.3 Å². The Bertz CT molecular complexity index is 547. The van der Waals surface area contributed by atoms with Crippen LogP contribution in [0.2, 0.25) is 0 Å². The second-order valence-corrected chi connectivity index (χ2v) is 5.51. The van der Waals surface area contributed by atoms with Gasteiger partial charge in [0, 0.05) is 18.9 Å². The maximum absolute atomic E-state index is 11.6. The number of esters is 1. The molecule has 1 aromatic heterocycles. The molecular weight excluding hydrogens is 284 g/mol. The Morgan fingerprint density at radius 2 is 2.05 bits per heavy atom. The largest absolute Gasteiger partial charge is 0.462 e. The summed E-state index contributed by atoms with van der Waals surface area (Å²) in [6.07, 6.45) is 6.10. The molecule has 120 valence electrons. The number of rotatable bonds is 5. The Hall–Kier alpha value is -2.37. The van der Waals surface area contributed by atoms with E-state index in [-0.39, 0.29) is 0 Å². The van der Waals surface area contributed by atoms with Gasteiger partial charge in [0.25, 0.3) is 0 Å². The molecule has 0 unspecified atom stereocenters. The van der Waals surface area contributed by atoms with Gasteiger partial charge in [-0.15, -0.1) is 0 Å².